The van der Waals surface area contributed by atoms with Crippen LogP contribution < -0.4 is 14.4 Å². The van der Waals surface area contributed by atoms with Crippen molar-refractivity contribution in [3.05, 3.63) is 57.0 Å². The lowest BCUT2D eigenvalue weighted by molar-refractivity contribution is -0.139. The molecule has 0 aliphatic heterocycles. The van der Waals surface area contributed by atoms with Crippen molar-refractivity contribution in [3.8, 4) is 5.75 Å². The van der Waals surface area contributed by atoms with Crippen molar-refractivity contribution in [2.24, 2.45) is 0 Å². The van der Waals surface area contributed by atoms with Crippen molar-refractivity contribution >= 4 is 62.3 Å². The van der Waals surface area contributed by atoms with Crippen LogP contribution in [-0.2, 0) is 26.2 Å². The predicted molar refractivity (Wildman–Crippen MR) is 140 cm³/mol. The summed E-state index contributed by atoms with van der Waals surface area (Å²) in [7, 11) is -2.45. The fourth-order valence-corrected chi connectivity index (χ4v) is 4.80. The lowest BCUT2D eigenvalue weighted by Crippen LogP contribution is -2.51. The standard InChI is InChI=1S/C23H28Cl3N3O5S/c1-5-10-27-23(31)15(2)28(13-16-6-7-17(24)11-19(16)25)22(30)14-29(35(4,32)33)18-8-9-21(34-3)20(26)12-18/h6-9,11-12,15H,5,10,13-14H2,1-4H3,(H,27,31)/t15-/m1/s1. The van der Waals surface area contributed by atoms with Crippen LogP contribution in [0.5, 0.6) is 5.75 Å². The molecule has 1 N–H and O–H groups in total. The molecule has 12 heteroatoms. The second-order valence-electron chi connectivity index (χ2n) is 7.81. The highest BCUT2D eigenvalue weighted by atomic mass is 35.5. The molecule has 8 nitrogen and oxygen atoms in total. The maximum Gasteiger partial charge on any atom is 0.244 e. The van der Waals surface area contributed by atoms with E-state index in [1.807, 2.05) is 6.92 Å². The molecule has 2 aromatic carbocycles. The zero-order chi connectivity index (χ0) is 26.3. The SMILES string of the molecule is CCCNC(=O)[C@@H](C)N(Cc1ccc(Cl)cc1Cl)C(=O)CN(c1ccc(OC)c(Cl)c1)S(C)(=O)=O. The van der Waals surface area contributed by atoms with Crippen LogP contribution in [0.15, 0.2) is 36.4 Å². The monoisotopic (exact) mass is 563 g/mol. The van der Waals surface area contributed by atoms with E-state index in [1.54, 1.807) is 19.1 Å². The molecular formula is C23H28Cl3N3O5S. The van der Waals surface area contributed by atoms with Gasteiger partial charge in [0, 0.05) is 23.1 Å². The summed E-state index contributed by atoms with van der Waals surface area (Å²) in [6, 6.07) is 8.29. The fraction of sp³-hybridized carbons (Fsp3) is 0.391. The smallest absolute Gasteiger partial charge is 0.244 e. The minimum Gasteiger partial charge on any atom is -0.495 e. The first kappa shape index (κ1) is 29.0. The van der Waals surface area contributed by atoms with Crippen LogP contribution in [0.4, 0.5) is 5.69 Å². The largest absolute Gasteiger partial charge is 0.495 e. The van der Waals surface area contributed by atoms with Crippen LogP contribution in [0.3, 0.4) is 0 Å². The number of methoxy groups -OCH3 is 1. The van der Waals surface area contributed by atoms with Gasteiger partial charge in [-0.2, -0.15) is 0 Å². The lowest BCUT2D eigenvalue weighted by Gasteiger charge is -2.31. The number of hydrogen-bond acceptors (Lipinski definition) is 5. The first-order valence-electron chi connectivity index (χ1n) is 10.7. The van der Waals surface area contributed by atoms with Crippen LogP contribution in [0, 0.1) is 0 Å². The summed E-state index contributed by atoms with van der Waals surface area (Å²) in [6.07, 6.45) is 1.70. The molecule has 0 fully saturated rings. The van der Waals surface area contributed by atoms with Gasteiger partial charge in [0.15, 0.2) is 0 Å². The Labute approximate surface area is 221 Å². The number of ether oxygens (including phenoxy) is 1. The molecule has 0 unspecified atom stereocenters. The molecule has 0 radical (unpaired) electrons. The van der Waals surface area contributed by atoms with E-state index in [4.69, 9.17) is 39.5 Å². The highest BCUT2D eigenvalue weighted by Gasteiger charge is 2.30. The van der Waals surface area contributed by atoms with E-state index in [0.717, 1.165) is 17.0 Å². The van der Waals surface area contributed by atoms with Gasteiger partial charge in [-0.25, -0.2) is 8.42 Å². The van der Waals surface area contributed by atoms with Gasteiger partial charge in [0.25, 0.3) is 0 Å². The van der Waals surface area contributed by atoms with E-state index in [2.05, 4.69) is 5.32 Å². The Balaban J connectivity index is 2.43. The number of sulfonamides is 1. The molecule has 0 aliphatic rings. The van der Waals surface area contributed by atoms with Crippen molar-refractivity contribution in [1.29, 1.82) is 0 Å². The Morgan fingerprint density at radius 3 is 2.31 bits per heavy atom. The van der Waals surface area contributed by atoms with Crippen molar-refractivity contribution in [1.82, 2.24) is 10.2 Å². The second-order valence-corrected chi connectivity index (χ2v) is 11.0. The number of hydrogen-bond donors (Lipinski definition) is 1. The number of anilines is 1. The van der Waals surface area contributed by atoms with Gasteiger partial charge in [0.2, 0.25) is 21.8 Å². The number of amides is 2. The van der Waals surface area contributed by atoms with Crippen molar-refractivity contribution < 1.29 is 22.7 Å². The summed E-state index contributed by atoms with van der Waals surface area (Å²) in [4.78, 5) is 27.5. The van der Waals surface area contributed by atoms with E-state index < -0.39 is 28.5 Å². The number of halogens is 3. The normalized spacial score (nSPS) is 12.1. The molecule has 2 rings (SSSR count). The van der Waals surface area contributed by atoms with E-state index in [1.165, 1.54) is 36.3 Å². The molecule has 0 saturated carbocycles. The second kappa shape index (κ2) is 12.7. The number of nitrogens with one attached hydrogen (secondary N) is 1. The Bertz CT molecular complexity index is 1180. The average molecular weight is 565 g/mol. The van der Waals surface area contributed by atoms with E-state index in [-0.39, 0.29) is 23.2 Å². The number of rotatable bonds is 11. The molecule has 0 aliphatic carbocycles. The Hall–Kier alpha value is -2.20. The fourth-order valence-electron chi connectivity index (χ4n) is 3.24. The zero-order valence-corrected chi connectivity index (χ0v) is 22.9. The Morgan fingerprint density at radius 1 is 1.09 bits per heavy atom. The van der Waals surface area contributed by atoms with E-state index in [0.29, 0.717) is 27.9 Å². The minimum absolute atomic E-state index is 0.0312. The van der Waals surface area contributed by atoms with E-state index >= 15 is 0 Å². The summed E-state index contributed by atoms with van der Waals surface area (Å²) in [5.41, 5.74) is 0.733. The highest BCUT2D eigenvalue weighted by molar-refractivity contribution is 7.92. The van der Waals surface area contributed by atoms with Gasteiger partial charge in [-0.05, 0) is 49.2 Å². The van der Waals surface area contributed by atoms with Gasteiger partial charge >= 0.3 is 0 Å². The molecule has 1 atom stereocenters. The number of carbonyl (C=O) groups excluding carboxylic acids is 2. The van der Waals surface area contributed by atoms with Gasteiger partial charge in [-0.3, -0.25) is 13.9 Å². The molecule has 2 amide bonds. The summed E-state index contributed by atoms with van der Waals surface area (Å²) < 4.78 is 31.3. The van der Waals surface area contributed by atoms with Crippen LogP contribution in [0.1, 0.15) is 25.8 Å². The summed E-state index contributed by atoms with van der Waals surface area (Å²) in [6.45, 7) is 3.33. The summed E-state index contributed by atoms with van der Waals surface area (Å²) in [5, 5.41) is 3.68. The van der Waals surface area contributed by atoms with Crippen LogP contribution in [0.2, 0.25) is 15.1 Å². The van der Waals surface area contributed by atoms with Gasteiger partial charge in [-0.1, -0.05) is 47.8 Å². The van der Waals surface area contributed by atoms with E-state index in [9.17, 15) is 18.0 Å². The highest BCUT2D eigenvalue weighted by Crippen LogP contribution is 2.30. The number of carbonyl (C=O) groups is 2. The third-order valence-corrected chi connectivity index (χ3v) is 7.20. The maximum atomic E-state index is 13.5. The molecular weight excluding hydrogens is 537 g/mol. The third kappa shape index (κ3) is 7.90. The molecule has 2 aromatic rings. The van der Waals surface area contributed by atoms with Crippen LogP contribution >= 0.6 is 34.8 Å². The topological polar surface area (TPSA) is 96.0 Å². The third-order valence-electron chi connectivity index (χ3n) is 5.17. The molecule has 0 bridgehead atoms. The molecule has 0 heterocycles. The Kier molecular flexibility index (Phi) is 10.5. The summed E-state index contributed by atoms with van der Waals surface area (Å²) >= 11 is 18.5. The average Bonchev–Trinajstić information content (AvgIpc) is 2.79. The molecule has 35 heavy (non-hydrogen) atoms. The minimum atomic E-state index is -3.89. The van der Waals surface area contributed by atoms with Gasteiger partial charge in [-0.15, -0.1) is 0 Å². The molecule has 0 saturated heterocycles. The molecule has 0 aromatic heterocycles. The van der Waals surface area contributed by atoms with Gasteiger partial charge < -0.3 is 15.0 Å². The Morgan fingerprint density at radius 2 is 1.77 bits per heavy atom. The van der Waals surface area contributed by atoms with Gasteiger partial charge in [0.05, 0.1) is 24.1 Å². The first-order chi connectivity index (χ1) is 16.4. The molecule has 0 spiro atoms. The van der Waals surface area contributed by atoms with Crippen LogP contribution in [-0.4, -0.2) is 57.6 Å². The first-order valence-corrected chi connectivity index (χ1v) is 13.7. The number of nitrogens with zero attached hydrogens (tertiary/aromatic N) is 2. The number of benzene rings is 2. The van der Waals surface area contributed by atoms with Crippen LogP contribution in [0.25, 0.3) is 0 Å². The van der Waals surface area contributed by atoms with Crippen molar-refractivity contribution in [2.75, 3.05) is 30.8 Å². The van der Waals surface area contributed by atoms with Gasteiger partial charge in [0.1, 0.15) is 18.3 Å². The zero-order valence-electron chi connectivity index (χ0n) is 19.8. The predicted octanol–water partition coefficient (Wildman–Crippen LogP) is 4.36. The summed E-state index contributed by atoms with van der Waals surface area (Å²) in [5.74, 6) is -0.619. The maximum absolute atomic E-state index is 13.5. The quantitative estimate of drug-likeness (QED) is 0.437. The van der Waals surface area contributed by atoms with Crippen molar-refractivity contribution in [2.45, 2.75) is 32.9 Å². The lowest BCUT2D eigenvalue weighted by atomic mass is 10.1. The molecule has 192 valence electrons. The van der Waals surface area contributed by atoms with Crippen molar-refractivity contribution in [3.63, 3.8) is 0 Å².